The summed E-state index contributed by atoms with van der Waals surface area (Å²) < 4.78 is 0. The number of nitrogens with zero attached hydrogens (tertiary/aromatic N) is 1. The minimum atomic E-state index is 0.274. The Labute approximate surface area is 93.9 Å². The van der Waals surface area contributed by atoms with Crippen LogP contribution in [0.4, 0.5) is 0 Å². The molecule has 0 aromatic rings. The van der Waals surface area contributed by atoms with Gasteiger partial charge in [0.1, 0.15) is 0 Å². The second kappa shape index (κ2) is 7.20. The van der Waals surface area contributed by atoms with Crippen LogP contribution < -0.4 is 5.32 Å². The minimum Gasteiger partial charge on any atom is -0.395 e. The average Bonchev–Trinajstić information content (AvgIpc) is 2.27. The molecule has 0 bridgehead atoms. The molecule has 3 nitrogen and oxygen atoms in total. The van der Waals surface area contributed by atoms with Gasteiger partial charge < -0.3 is 10.4 Å². The van der Waals surface area contributed by atoms with Gasteiger partial charge in [-0.2, -0.15) is 0 Å². The molecule has 2 N–H and O–H groups in total. The van der Waals surface area contributed by atoms with Crippen LogP contribution in [0.2, 0.25) is 0 Å². The lowest BCUT2D eigenvalue weighted by Crippen LogP contribution is -2.42. The lowest BCUT2D eigenvalue weighted by atomic mass is 9.98. The normalized spacial score (nSPS) is 24.4. The van der Waals surface area contributed by atoms with E-state index in [1.807, 2.05) is 0 Å². The van der Waals surface area contributed by atoms with Gasteiger partial charge in [0.25, 0.3) is 0 Å². The fourth-order valence-corrected chi connectivity index (χ4v) is 2.50. The maximum Gasteiger partial charge on any atom is 0.0558 e. The number of piperidine rings is 1. The van der Waals surface area contributed by atoms with Gasteiger partial charge in [-0.3, -0.25) is 4.90 Å². The fraction of sp³-hybridized carbons (Fsp3) is 1.00. The molecule has 0 radical (unpaired) electrons. The van der Waals surface area contributed by atoms with Crippen molar-refractivity contribution in [3.05, 3.63) is 0 Å². The van der Waals surface area contributed by atoms with E-state index in [2.05, 4.69) is 24.1 Å². The topological polar surface area (TPSA) is 35.5 Å². The summed E-state index contributed by atoms with van der Waals surface area (Å²) in [4.78, 5) is 2.36. The Bertz CT molecular complexity index is 158. The number of rotatable bonds is 6. The molecule has 1 heterocycles. The lowest BCUT2D eigenvalue weighted by molar-refractivity contribution is 0.148. The van der Waals surface area contributed by atoms with E-state index in [0.29, 0.717) is 12.1 Å². The van der Waals surface area contributed by atoms with Crippen LogP contribution in [0.3, 0.4) is 0 Å². The van der Waals surface area contributed by atoms with Crippen molar-refractivity contribution < 1.29 is 5.11 Å². The molecule has 1 saturated heterocycles. The first-order chi connectivity index (χ1) is 7.27. The van der Waals surface area contributed by atoms with Crippen molar-refractivity contribution >= 4 is 0 Å². The summed E-state index contributed by atoms with van der Waals surface area (Å²) >= 11 is 0. The molecule has 90 valence electrons. The third-order valence-corrected chi connectivity index (χ3v) is 3.45. The Balaban J connectivity index is 2.27. The number of aliphatic hydroxyl groups excluding tert-OH is 1. The summed E-state index contributed by atoms with van der Waals surface area (Å²) in [6, 6.07) is 1.28. The van der Waals surface area contributed by atoms with E-state index in [0.717, 1.165) is 13.1 Å². The molecule has 1 fully saturated rings. The third-order valence-electron chi connectivity index (χ3n) is 3.45. The molecule has 0 amide bonds. The number of aliphatic hydroxyl groups is 1. The standard InChI is InChI=1S/C12H26N2O/c1-3-14(8-9-15)11(2)10-12-6-4-5-7-13-12/h11-13,15H,3-10H2,1-2H3. The van der Waals surface area contributed by atoms with Crippen molar-refractivity contribution in [3.63, 3.8) is 0 Å². The van der Waals surface area contributed by atoms with Gasteiger partial charge in [0, 0.05) is 18.6 Å². The predicted molar refractivity (Wildman–Crippen MR) is 64.1 cm³/mol. The van der Waals surface area contributed by atoms with Gasteiger partial charge in [-0.15, -0.1) is 0 Å². The molecule has 0 aliphatic carbocycles. The van der Waals surface area contributed by atoms with Crippen molar-refractivity contribution in [2.45, 2.75) is 51.6 Å². The van der Waals surface area contributed by atoms with Crippen LogP contribution in [0, 0.1) is 0 Å². The van der Waals surface area contributed by atoms with E-state index in [1.54, 1.807) is 0 Å². The smallest absolute Gasteiger partial charge is 0.0558 e. The van der Waals surface area contributed by atoms with E-state index in [9.17, 15) is 0 Å². The monoisotopic (exact) mass is 214 g/mol. The highest BCUT2D eigenvalue weighted by Crippen LogP contribution is 2.14. The highest BCUT2D eigenvalue weighted by molar-refractivity contribution is 4.78. The van der Waals surface area contributed by atoms with Crippen molar-refractivity contribution in [2.75, 3.05) is 26.2 Å². The maximum atomic E-state index is 8.97. The fourth-order valence-electron chi connectivity index (χ4n) is 2.50. The molecule has 0 aromatic heterocycles. The van der Waals surface area contributed by atoms with Gasteiger partial charge in [0.2, 0.25) is 0 Å². The van der Waals surface area contributed by atoms with Gasteiger partial charge in [-0.05, 0) is 39.3 Å². The van der Waals surface area contributed by atoms with E-state index in [4.69, 9.17) is 5.11 Å². The average molecular weight is 214 g/mol. The zero-order chi connectivity index (χ0) is 11.1. The van der Waals surface area contributed by atoms with Crippen LogP contribution in [0.25, 0.3) is 0 Å². The highest BCUT2D eigenvalue weighted by Gasteiger charge is 2.18. The van der Waals surface area contributed by atoms with Gasteiger partial charge in [-0.25, -0.2) is 0 Å². The molecule has 1 rings (SSSR count). The molecule has 0 saturated carbocycles. The van der Waals surface area contributed by atoms with Gasteiger partial charge >= 0.3 is 0 Å². The zero-order valence-corrected chi connectivity index (χ0v) is 10.2. The summed E-state index contributed by atoms with van der Waals surface area (Å²) in [5, 5.41) is 12.5. The Morgan fingerprint density at radius 1 is 1.47 bits per heavy atom. The number of hydrogen-bond acceptors (Lipinski definition) is 3. The van der Waals surface area contributed by atoms with E-state index in [-0.39, 0.29) is 6.61 Å². The first-order valence-corrected chi connectivity index (χ1v) is 6.36. The molecule has 2 atom stereocenters. The molecule has 1 aliphatic rings. The highest BCUT2D eigenvalue weighted by atomic mass is 16.3. The zero-order valence-electron chi connectivity index (χ0n) is 10.2. The second-order valence-electron chi connectivity index (χ2n) is 4.58. The summed E-state index contributed by atoms with van der Waals surface area (Å²) in [7, 11) is 0. The van der Waals surface area contributed by atoms with Crippen molar-refractivity contribution in [1.29, 1.82) is 0 Å². The maximum absolute atomic E-state index is 8.97. The quantitative estimate of drug-likeness (QED) is 0.698. The van der Waals surface area contributed by atoms with Gasteiger partial charge in [-0.1, -0.05) is 13.3 Å². The largest absolute Gasteiger partial charge is 0.395 e. The summed E-state index contributed by atoms with van der Waals surface area (Å²) in [6.45, 7) is 7.74. The van der Waals surface area contributed by atoms with Crippen LogP contribution in [0.1, 0.15) is 39.5 Å². The van der Waals surface area contributed by atoms with Crippen LogP contribution >= 0.6 is 0 Å². The van der Waals surface area contributed by atoms with Crippen LogP contribution in [-0.2, 0) is 0 Å². The number of hydrogen-bond donors (Lipinski definition) is 2. The Morgan fingerprint density at radius 2 is 2.27 bits per heavy atom. The van der Waals surface area contributed by atoms with Crippen LogP contribution in [0.5, 0.6) is 0 Å². The molecular weight excluding hydrogens is 188 g/mol. The van der Waals surface area contributed by atoms with E-state index < -0.39 is 0 Å². The van der Waals surface area contributed by atoms with Gasteiger partial charge in [0.05, 0.1) is 6.61 Å². The Morgan fingerprint density at radius 3 is 2.80 bits per heavy atom. The van der Waals surface area contributed by atoms with E-state index in [1.165, 1.54) is 32.2 Å². The molecule has 0 aromatic carbocycles. The van der Waals surface area contributed by atoms with Crippen molar-refractivity contribution in [1.82, 2.24) is 10.2 Å². The van der Waals surface area contributed by atoms with E-state index >= 15 is 0 Å². The van der Waals surface area contributed by atoms with Crippen molar-refractivity contribution in [2.24, 2.45) is 0 Å². The second-order valence-corrected chi connectivity index (χ2v) is 4.58. The number of likely N-dealkylation sites (N-methyl/N-ethyl adjacent to an activating group) is 1. The molecule has 0 spiro atoms. The lowest BCUT2D eigenvalue weighted by Gasteiger charge is -2.32. The predicted octanol–water partition coefficient (Wildman–Crippen LogP) is 1.22. The van der Waals surface area contributed by atoms with Crippen molar-refractivity contribution in [3.8, 4) is 0 Å². The molecule has 1 aliphatic heterocycles. The number of nitrogens with one attached hydrogen (secondary N) is 1. The summed E-state index contributed by atoms with van der Waals surface area (Å²) in [6.07, 6.45) is 5.24. The minimum absolute atomic E-state index is 0.274. The molecule has 2 unspecified atom stereocenters. The van der Waals surface area contributed by atoms with Gasteiger partial charge in [0.15, 0.2) is 0 Å². The first-order valence-electron chi connectivity index (χ1n) is 6.36. The Kier molecular flexibility index (Phi) is 6.22. The third kappa shape index (κ3) is 4.49. The molecule has 15 heavy (non-hydrogen) atoms. The SMILES string of the molecule is CCN(CCO)C(C)CC1CCCCN1. The van der Waals surface area contributed by atoms with Crippen LogP contribution in [-0.4, -0.2) is 48.3 Å². The first kappa shape index (κ1) is 12.9. The summed E-state index contributed by atoms with van der Waals surface area (Å²) in [5.41, 5.74) is 0. The van der Waals surface area contributed by atoms with Crippen LogP contribution in [0.15, 0.2) is 0 Å². The molecular formula is C12H26N2O. The molecule has 3 heteroatoms. The Hall–Kier alpha value is -0.120. The summed E-state index contributed by atoms with van der Waals surface area (Å²) in [5.74, 6) is 0.